The molecule has 0 aliphatic rings. The molecule has 1 amide bonds. The standard InChI is InChI=1S/C6H6BrClN2O2S/c7-4-3-9-5(13-4)10-6(11)12-2-1-8/h3H,1-2H2,(H,9,10,11). The highest BCUT2D eigenvalue weighted by Crippen LogP contribution is 2.22. The molecular weight excluding hydrogens is 280 g/mol. The number of rotatable bonds is 3. The van der Waals surface area contributed by atoms with Gasteiger partial charge in [-0.1, -0.05) is 11.3 Å². The second kappa shape index (κ2) is 5.41. The van der Waals surface area contributed by atoms with Crippen molar-refractivity contribution in [1.82, 2.24) is 4.98 Å². The molecule has 0 bridgehead atoms. The zero-order valence-corrected chi connectivity index (χ0v) is 9.58. The summed E-state index contributed by atoms with van der Waals surface area (Å²) in [6.07, 6.45) is 1.06. The van der Waals surface area contributed by atoms with Crippen molar-refractivity contribution < 1.29 is 9.53 Å². The van der Waals surface area contributed by atoms with Crippen LogP contribution in [0.5, 0.6) is 0 Å². The van der Waals surface area contributed by atoms with Crippen LogP contribution in [0.1, 0.15) is 0 Å². The van der Waals surface area contributed by atoms with E-state index in [4.69, 9.17) is 11.6 Å². The Morgan fingerprint density at radius 3 is 3.15 bits per heavy atom. The quantitative estimate of drug-likeness (QED) is 0.869. The molecule has 0 saturated heterocycles. The number of aromatic nitrogens is 1. The fourth-order valence-corrected chi connectivity index (χ4v) is 1.74. The number of anilines is 1. The van der Waals surface area contributed by atoms with E-state index in [0.29, 0.717) is 5.13 Å². The van der Waals surface area contributed by atoms with E-state index in [1.54, 1.807) is 6.20 Å². The van der Waals surface area contributed by atoms with Crippen LogP contribution in [0, 0.1) is 0 Å². The Morgan fingerprint density at radius 1 is 1.85 bits per heavy atom. The van der Waals surface area contributed by atoms with Crippen LogP contribution in [0.15, 0.2) is 9.98 Å². The van der Waals surface area contributed by atoms with Crippen LogP contribution in [-0.4, -0.2) is 23.6 Å². The summed E-state index contributed by atoms with van der Waals surface area (Å²) in [4.78, 5) is 14.8. The fourth-order valence-electron chi connectivity index (χ4n) is 0.567. The number of carbonyl (C=O) groups excluding carboxylic acids is 1. The molecule has 0 unspecified atom stereocenters. The Morgan fingerprint density at radius 2 is 2.62 bits per heavy atom. The van der Waals surface area contributed by atoms with E-state index >= 15 is 0 Å². The summed E-state index contributed by atoms with van der Waals surface area (Å²) >= 11 is 9.85. The Bertz CT molecular complexity index is 294. The van der Waals surface area contributed by atoms with E-state index in [2.05, 4.69) is 31.0 Å². The van der Waals surface area contributed by atoms with Gasteiger partial charge in [0.2, 0.25) is 0 Å². The normalized spacial score (nSPS) is 9.69. The summed E-state index contributed by atoms with van der Waals surface area (Å²) in [6.45, 7) is 0.194. The zero-order valence-electron chi connectivity index (χ0n) is 6.42. The number of carbonyl (C=O) groups is 1. The third-order valence-corrected chi connectivity index (χ3v) is 2.54. The Balaban J connectivity index is 2.36. The van der Waals surface area contributed by atoms with Crippen molar-refractivity contribution in [2.24, 2.45) is 0 Å². The summed E-state index contributed by atoms with van der Waals surface area (Å²) in [5, 5.41) is 2.95. The van der Waals surface area contributed by atoms with Crippen LogP contribution in [0.25, 0.3) is 0 Å². The van der Waals surface area contributed by atoms with Crippen molar-refractivity contribution in [3.8, 4) is 0 Å². The molecule has 7 heteroatoms. The molecule has 0 aliphatic carbocycles. The van der Waals surface area contributed by atoms with Gasteiger partial charge in [-0.25, -0.2) is 9.78 Å². The maximum absolute atomic E-state index is 10.9. The third kappa shape index (κ3) is 3.93. The van der Waals surface area contributed by atoms with Crippen LogP contribution in [0.2, 0.25) is 0 Å². The smallest absolute Gasteiger partial charge is 0.413 e. The van der Waals surface area contributed by atoms with Crippen LogP contribution < -0.4 is 5.32 Å². The molecular formula is C6H6BrClN2O2S. The molecule has 0 aliphatic heterocycles. The van der Waals surface area contributed by atoms with E-state index in [1.165, 1.54) is 11.3 Å². The molecule has 0 atom stereocenters. The first-order valence-electron chi connectivity index (χ1n) is 3.33. The molecule has 0 radical (unpaired) electrons. The predicted molar refractivity (Wildman–Crippen MR) is 55.5 cm³/mol. The van der Waals surface area contributed by atoms with Gasteiger partial charge in [-0.2, -0.15) is 0 Å². The molecule has 0 spiro atoms. The second-order valence-corrected chi connectivity index (χ2v) is 4.71. The van der Waals surface area contributed by atoms with Crippen LogP contribution >= 0.6 is 38.9 Å². The largest absolute Gasteiger partial charge is 0.448 e. The SMILES string of the molecule is O=C(Nc1ncc(Br)s1)OCCCl. The number of halogens is 2. The lowest BCUT2D eigenvalue weighted by Crippen LogP contribution is -2.14. The third-order valence-electron chi connectivity index (χ3n) is 0.997. The number of nitrogens with zero attached hydrogens (tertiary/aromatic N) is 1. The van der Waals surface area contributed by atoms with Gasteiger partial charge in [0.25, 0.3) is 0 Å². The van der Waals surface area contributed by atoms with E-state index < -0.39 is 6.09 Å². The minimum Gasteiger partial charge on any atom is -0.448 e. The molecule has 0 fully saturated rings. The lowest BCUT2D eigenvalue weighted by Gasteiger charge is -2.01. The Labute approximate surface area is 92.4 Å². The van der Waals surface area contributed by atoms with Gasteiger partial charge >= 0.3 is 6.09 Å². The van der Waals surface area contributed by atoms with Crippen molar-refractivity contribution in [3.63, 3.8) is 0 Å². The second-order valence-electron chi connectivity index (χ2n) is 1.92. The minimum atomic E-state index is -0.539. The molecule has 0 aromatic carbocycles. The number of ether oxygens (including phenoxy) is 1. The molecule has 72 valence electrons. The summed E-state index contributed by atoms with van der Waals surface area (Å²) < 4.78 is 5.52. The van der Waals surface area contributed by atoms with Gasteiger partial charge in [0, 0.05) is 0 Å². The van der Waals surface area contributed by atoms with E-state index in [9.17, 15) is 4.79 Å². The number of amides is 1. The monoisotopic (exact) mass is 284 g/mol. The number of thiazole rings is 1. The fraction of sp³-hybridized carbons (Fsp3) is 0.333. The molecule has 13 heavy (non-hydrogen) atoms. The molecule has 1 heterocycles. The van der Waals surface area contributed by atoms with E-state index in [-0.39, 0.29) is 12.5 Å². The minimum absolute atomic E-state index is 0.194. The number of nitrogens with one attached hydrogen (secondary N) is 1. The van der Waals surface area contributed by atoms with Gasteiger partial charge in [0.1, 0.15) is 6.61 Å². The van der Waals surface area contributed by atoms with Gasteiger partial charge in [0.05, 0.1) is 15.9 Å². The summed E-state index contributed by atoms with van der Waals surface area (Å²) in [5.41, 5.74) is 0. The maximum atomic E-state index is 10.9. The average Bonchev–Trinajstić information content (AvgIpc) is 2.48. The number of alkyl halides is 1. The van der Waals surface area contributed by atoms with Crippen LogP contribution in [0.4, 0.5) is 9.93 Å². The lowest BCUT2D eigenvalue weighted by atomic mass is 10.8. The van der Waals surface area contributed by atoms with Crippen molar-refractivity contribution >= 4 is 50.1 Å². The van der Waals surface area contributed by atoms with Crippen molar-refractivity contribution in [2.45, 2.75) is 0 Å². The van der Waals surface area contributed by atoms with Gasteiger partial charge < -0.3 is 4.74 Å². The molecule has 1 N–H and O–H groups in total. The highest BCUT2D eigenvalue weighted by molar-refractivity contribution is 9.11. The molecule has 4 nitrogen and oxygen atoms in total. The summed E-state index contributed by atoms with van der Waals surface area (Å²) in [7, 11) is 0. The van der Waals surface area contributed by atoms with Gasteiger partial charge in [-0.05, 0) is 15.9 Å². The van der Waals surface area contributed by atoms with Gasteiger partial charge in [0.15, 0.2) is 5.13 Å². The number of hydrogen-bond acceptors (Lipinski definition) is 4. The summed E-state index contributed by atoms with van der Waals surface area (Å²) in [6, 6.07) is 0. The Kier molecular flexibility index (Phi) is 4.47. The molecule has 0 saturated carbocycles. The van der Waals surface area contributed by atoms with E-state index in [0.717, 1.165) is 3.79 Å². The molecule has 1 rings (SSSR count). The maximum Gasteiger partial charge on any atom is 0.413 e. The first-order valence-corrected chi connectivity index (χ1v) is 5.48. The van der Waals surface area contributed by atoms with Crippen LogP contribution in [0.3, 0.4) is 0 Å². The summed E-state index contributed by atoms with van der Waals surface area (Å²) in [5.74, 6) is 0.287. The Hall–Kier alpha value is -0.330. The number of hydrogen-bond donors (Lipinski definition) is 1. The average molecular weight is 286 g/mol. The highest BCUT2D eigenvalue weighted by Gasteiger charge is 2.05. The van der Waals surface area contributed by atoms with Crippen molar-refractivity contribution in [2.75, 3.05) is 17.8 Å². The first-order chi connectivity index (χ1) is 6.22. The van der Waals surface area contributed by atoms with Gasteiger partial charge in [-0.3, -0.25) is 5.32 Å². The highest BCUT2D eigenvalue weighted by atomic mass is 79.9. The van der Waals surface area contributed by atoms with Crippen molar-refractivity contribution in [3.05, 3.63) is 9.98 Å². The van der Waals surface area contributed by atoms with Crippen LogP contribution in [-0.2, 0) is 4.74 Å². The topological polar surface area (TPSA) is 51.2 Å². The predicted octanol–water partition coefficient (Wildman–Crippen LogP) is 2.69. The van der Waals surface area contributed by atoms with E-state index in [1.807, 2.05) is 0 Å². The zero-order chi connectivity index (χ0) is 9.68. The van der Waals surface area contributed by atoms with Crippen molar-refractivity contribution in [1.29, 1.82) is 0 Å². The van der Waals surface area contributed by atoms with Gasteiger partial charge in [-0.15, -0.1) is 11.6 Å². The molecule has 1 aromatic heterocycles. The lowest BCUT2D eigenvalue weighted by molar-refractivity contribution is 0.168. The first kappa shape index (κ1) is 10.7. The molecule has 1 aromatic rings.